The molecular formula is C17H18N4O2S. The number of nitrogens with zero attached hydrogens (tertiary/aromatic N) is 2. The van der Waals surface area contributed by atoms with Crippen LogP contribution in [0.15, 0.2) is 59.5 Å². The largest absolute Gasteiger partial charge is 0.371 e. The average molecular weight is 342 g/mol. The molecule has 0 bridgehead atoms. The van der Waals surface area contributed by atoms with Crippen molar-refractivity contribution in [3.63, 3.8) is 0 Å². The lowest BCUT2D eigenvalue weighted by Crippen LogP contribution is -2.12. The molecule has 0 amide bonds. The predicted octanol–water partition coefficient (Wildman–Crippen LogP) is 2.54. The highest BCUT2D eigenvalue weighted by molar-refractivity contribution is 7.89. The molecule has 6 nitrogen and oxygen atoms in total. The lowest BCUT2D eigenvalue weighted by Gasteiger charge is -2.09. The molecule has 3 aromatic rings. The number of aromatic nitrogens is 2. The summed E-state index contributed by atoms with van der Waals surface area (Å²) in [6.45, 7) is 2.00. The minimum absolute atomic E-state index is 0.0743. The minimum Gasteiger partial charge on any atom is -0.371 e. The summed E-state index contributed by atoms with van der Waals surface area (Å²) in [4.78, 5) is 0.0743. The van der Waals surface area contributed by atoms with Gasteiger partial charge in [-0.25, -0.2) is 18.2 Å². The summed E-state index contributed by atoms with van der Waals surface area (Å²) in [5.41, 5.74) is 3.74. The van der Waals surface area contributed by atoms with E-state index in [0.29, 0.717) is 0 Å². The van der Waals surface area contributed by atoms with Gasteiger partial charge in [-0.2, -0.15) is 0 Å². The summed E-state index contributed by atoms with van der Waals surface area (Å²) in [7, 11) is -1.90. The highest BCUT2D eigenvalue weighted by Gasteiger charge is 2.17. The number of rotatable bonds is 4. The van der Waals surface area contributed by atoms with Crippen LogP contribution in [0.2, 0.25) is 0 Å². The summed E-state index contributed by atoms with van der Waals surface area (Å²) < 4.78 is 24.6. The lowest BCUT2D eigenvalue weighted by atomic mass is 10.1. The molecule has 0 fully saturated rings. The fraction of sp³-hybridized carbons (Fsp3) is 0.118. The lowest BCUT2D eigenvalue weighted by molar-refractivity contribution is 0.598. The molecule has 124 valence electrons. The molecule has 0 unspecified atom stereocenters. The standard InChI is InChI=1S/C17H18N4O2S/c1-12-16(13-6-4-3-5-7-13)21(20-17(12)19-2)14-8-10-15(11-9-14)24(18,22)23/h3-11H,1-2H3,(H,19,20)(H2,18,22,23). The minimum atomic E-state index is -3.71. The first-order valence-electron chi connectivity index (χ1n) is 7.38. The molecule has 0 spiro atoms. The van der Waals surface area contributed by atoms with Crippen LogP contribution in [0.4, 0.5) is 5.82 Å². The summed E-state index contributed by atoms with van der Waals surface area (Å²) in [6, 6.07) is 16.3. The Kier molecular flexibility index (Phi) is 4.13. The molecule has 1 aromatic heterocycles. The first-order chi connectivity index (χ1) is 11.4. The Hall–Kier alpha value is -2.64. The molecular weight excluding hydrogens is 324 g/mol. The van der Waals surface area contributed by atoms with E-state index in [2.05, 4.69) is 10.4 Å². The van der Waals surface area contributed by atoms with Crippen molar-refractivity contribution in [2.75, 3.05) is 12.4 Å². The molecule has 0 radical (unpaired) electrons. The number of hydrogen-bond acceptors (Lipinski definition) is 4. The van der Waals surface area contributed by atoms with Crippen LogP contribution >= 0.6 is 0 Å². The second kappa shape index (κ2) is 6.10. The Bertz CT molecular complexity index is 962. The molecule has 24 heavy (non-hydrogen) atoms. The van der Waals surface area contributed by atoms with Gasteiger partial charge in [0.05, 0.1) is 16.3 Å². The van der Waals surface area contributed by atoms with Gasteiger partial charge >= 0.3 is 0 Å². The van der Waals surface area contributed by atoms with E-state index in [0.717, 1.165) is 28.3 Å². The molecule has 1 heterocycles. The van der Waals surface area contributed by atoms with Gasteiger partial charge in [-0.1, -0.05) is 30.3 Å². The monoisotopic (exact) mass is 342 g/mol. The number of primary sulfonamides is 1. The molecule has 0 saturated carbocycles. The molecule has 3 rings (SSSR count). The zero-order valence-electron chi connectivity index (χ0n) is 13.4. The molecule has 0 saturated heterocycles. The molecule has 0 aliphatic rings. The zero-order chi connectivity index (χ0) is 17.3. The second-order valence-corrected chi connectivity index (χ2v) is 6.95. The predicted molar refractivity (Wildman–Crippen MR) is 94.7 cm³/mol. The molecule has 0 aliphatic heterocycles. The van der Waals surface area contributed by atoms with E-state index in [-0.39, 0.29) is 4.90 Å². The van der Waals surface area contributed by atoms with Crippen LogP contribution in [-0.4, -0.2) is 25.2 Å². The Morgan fingerprint density at radius 2 is 1.67 bits per heavy atom. The smallest absolute Gasteiger partial charge is 0.238 e. The van der Waals surface area contributed by atoms with Crippen LogP contribution < -0.4 is 10.5 Å². The van der Waals surface area contributed by atoms with Crippen LogP contribution in [0.25, 0.3) is 16.9 Å². The van der Waals surface area contributed by atoms with E-state index in [1.807, 2.05) is 44.3 Å². The van der Waals surface area contributed by atoms with Gasteiger partial charge < -0.3 is 5.32 Å². The van der Waals surface area contributed by atoms with Crippen molar-refractivity contribution in [1.29, 1.82) is 0 Å². The van der Waals surface area contributed by atoms with Crippen LogP contribution in [-0.2, 0) is 10.0 Å². The number of sulfonamides is 1. The van der Waals surface area contributed by atoms with Crippen molar-refractivity contribution in [1.82, 2.24) is 9.78 Å². The van der Waals surface area contributed by atoms with Crippen LogP contribution in [0.1, 0.15) is 5.56 Å². The van der Waals surface area contributed by atoms with Gasteiger partial charge in [0, 0.05) is 18.2 Å². The van der Waals surface area contributed by atoms with Gasteiger partial charge in [0.15, 0.2) is 5.82 Å². The van der Waals surface area contributed by atoms with E-state index >= 15 is 0 Å². The van der Waals surface area contributed by atoms with E-state index in [4.69, 9.17) is 5.14 Å². The van der Waals surface area contributed by atoms with Gasteiger partial charge in [0.1, 0.15) is 0 Å². The van der Waals surface area contributed by atoms with Gasteiger partial charge in [-0.3, -0.25) is 0 Å². The average Bonchev–Trinajstić information content (AvgIpc) is 2.91. The Balaban J connectivity index is 2.18. The number of anilines is 1. The van der Waals surface area contributed by atoms with Crippen molar-refractivity contribution in [3.8, 4) is 16.9 Å². The van der Waals surface area contributed by atoms with Crippen molar-refractivity contribution >= 4 is 15.8 Å². The van der Waals surface area contributed by atoms with E-state index in [1.165, 1.54) is 12.1 Å². The van der Waals surface area contributed by atoms with Crippen LogP contribution in [0.5, 0.6) is 0 Å². The third-order valence-corrected chi connectivity index (χ3v) is 4.75. The SMILES string of the molecule is CNc1nn(-c2ccc(S(N)(=O)=O)cc2)c(-c2ccccc2)c1C. The van der Waals surface area contributed by atoms with Gasteiger partial charge in [-0.05, 0) is 31.2 Å². The van der Waals surface area contributed by atoms with Crippen LogP contribution in [0.3, 0.4) is 0 Å². The highest BCUT2D eigenvalue weighted by atomic mass is 32.2. The normalized spacial score (nSPS) is 11.5. The fourth-order valence-corrected chi connectivity index (χ4v) is 3.15. The van der Waals surface area contributed by atoms with Crippen molar-refractivity contribution in [2.24, 2.45) is 5.14 Å². The number of hydrogen-bond donors (Lipinski definition) is 2. The number of nitrogens with two attached hydrogens (primary N) is 1. The van der Waals surface area contributed by atoms with E-state index in [1.54, 1.807) is 16.8 Å². The topological polar surface area (TPSA) is 90.0 Å². The summed E-state index contributed by atoms with van der Waals surface area (Å²) >= 11 is 0. The Morgan fingerprint density at radius 3 is 2.21 bits per heavy atom. The van der Waals surface area contributed by atoms with Crippen molar-refractivity contribution < 1.29 is 8.42 Å². The number of nitrogens with one attached hydrogen (secondary N) is 1. The van der Waals surface area contributed by atoms with E-state index < -0.39 is 10.0 Å². The molecule has 3 N–H and O–H groups in total. The maximum Gasteiger partial charge on any atom is 0.238 e. The number of benzene rings is 2. The van der Waals surface area contributed by atoms with E-state index in [9.17, 15) is 8.42 Å². The quantitative estimate of drug-likeness (QED) is 0.762. The summed E-state index contributed by atoms with van der Waals surface area (Å²) in [5.74, 6) is 0.768. The van der Waals surface area contributed by atoms with Crippen molar-refractivity contribution in [3.05, 3.63) is 60.2 Å². The molecule has 7 heteroatoms. The third-order valence-electron chi connectivity index (χ3n) is 3.82. The third kappa shape index (κ3) is 2.91. The van der Waals surface area contributed by atoms with Crippen LogP contribution in [0, 0.1) is 6.92 Å². The second-order valence-electron chi connectivity index (χ2n) is 5.39. The Morgan fingerprint density at radius 1 is 1.04 bits per heavy atom. The van der Waals surface area contributed by atoms with Gasteiger partial charge in [0.25, 0.3) is 0 Å². The maximum absolute atomic E-state index is 11.4. The molecule has 0 atom stereocenters. The summed E-state index contributed by atoms with van der Waals surface area (Å²) in [6.07, 6.45) is 0. The van der Waals surface area contributed by atoms with Crippen molar-refractivity contribution in [2.45, 2.75) is 11.8 Å². The summed E-state index contributed by atoms with van der Waals surface area (Å²) in [5, 5.41) is 12.8. The Labute approximate surface area is 141 Å². The van der Waals surface area contributed by atoms with Gasteiger partial charge in [0.2, 0.25) is 10.0 Å². The zero-order valence-corrected chi connectivity index (χ0v) is 14.2. The van der Waals surface area contributed by atoms with Gasteiger partial charge in [-0.15, -0.1) is 5.10 Å². The first-order valence-corrected chi connectivity index (χ1v) is 8.92. The molecule has 0 aliphatic carbocycles. The highest BCUT2D eigenvalue weighted by Crippen LogP contribution is 2.31. The fourth-order valence-electron chi connectivity index (χ4n) is 2.63. The first kappa shape index (κ1) is 16.2. The molecule has 2 aromatic carbocycles. The maximum atomic E-state index is 11.4.